The van der Waals surface area contributed by atoms with Crippen LogP contribution in [0.1, 0.15) is 74.6 Å². The van der Waals surface area contributed by atoms with Crippen LogP contribution < -0.4 is 15.9 Å². The summed E-state index contributed by atoms with van der Waals surface area (Å²) in [6, 6.07) is 37.4. The highest BCUT2D eigenvalue weighted by Crippen LogP contribution is 2.56. The van der Waals surface area contributed by atoms with E-state index in [1.54, 1.807) is 0 Å². The van der Waals surface area contributed by atoms with Crippen molar-refractivity contribution in [3.8, 4) is 11.5 Å². The van der Waals surface area contributed by atoms with Crippen LogP contribution in [0.3, 0.4) is 0 Å². The molecule has 0 bridgehead atoms. The van der Waals surface area contributed by atoms with Crippen molar-refractivity contribution in [2.75, 3.05) is 12.8 Å². The maximum absolute atomic E-state index is 12.1. The van der Waals surface area contributed by atoms with Crippen LogP contribution in [0.5, 0.6) is 11.5 Å². The summed E-state index contributed by atoms with van der Waals surface area (Å²) in [7, 11) is -1.72. The molecule has 0 aromatic heterocycles. The van der Waals surface area contributed by atoms with E-state index in [1.165, 1.54) is 79.2 Å². The molecule has 5 heteroatoms. The van der Waals surface area contributed by atoms with Crippen LogP contribution >= 0.6 is 7.26 Å². The first kappa shape index (κ1) is 31.3. The van der Waals surface area contributed by atoms with Gasteiger partial charge in [0.25, 0.3) is 0 Å². The van der Waals surface area contributed by atoms with Crippen LogP contribution in [0.4, 0.5) is 0 Å². The molecule has 0 aliphatic carbocycles. The molecule has 0 saturated carbocycles. The second-order valence-electron chi connectivity index (χ2n) is 10.9. The van der Waals surface area contributed by atoms with Crippen LogP contribution in [0, 0.1) is 0 Å². The lowest BCUT2D eigenvalue weighted by Gasteiger charge is -2.27. The topological polar surface area (TPSA) is 66.8 Å². The van der Waals surface area contributed by atoms with Crippen LogP contribution in [0.25, 0.3) is 0 Å². The first-order valence-corrected chi connectivity index (χ1v) is 17.3. The molecule has 0 saturated heterocycles. The monoisotopic (exact) mass is 583 g/mol. The maximum Gasteiger partial charge on any atom is 0.341 e. The zero-order valence-corrected chi connectivity index (χ0v) is 25.4. The van der Waals surface area contributed by atoms with Gasteiger partial charge < -0.3 is 14.9 Å². The summed E-state index contributed by atoms with van der Waals surface area (Å²) in [5.41, 5.74) is 0.0839. The van der Waals surface area contributed by atoms with Gasteiger partial charge in [-0.3, -0.25) is 0 Å². The lowest BCUT2D eigenvalue weighted by atomic mass is 10.1. The molecule has 4 aromatic rings. The zero-order chi connectivity index (χ0) is 29.5. The third kappa shape index (κ3) is 8.69. The Labute approximate surface area is 251 Å². The fourth-order valence-electron chi connectivity index (χ4n) is 5.68. The van der Waals surface area contributed by atoms with E-state index in [1.807, 2.05) is 0 Å². The molecule has 0 aliphatic heterocycles. The minimum Gasteiger partial charge on any atom is -0.508 e. The lowest BCUT2D eigenvalue weighted by molar-refractivity contribution is 0.0494. The van der Waals surface area contributed by atoms with Crippen molar-refractivity contribution in [3.05, 3.63) is 115 Å². The Morgan fingerprint density at radius 2 is 0.976 bits per heavy atom. The number of aromatic hydroxyl groups is 2. The number of ether oxygens (including phenoxy) is 1. The molecule has 0 heterocycles. The molecular weight excluding hydrogens is 539 g/mol. The second kappa shape index (κ2) is 16.7. The van der Waals surface area contributed by atoms with Gasteiger partial charge in [-0.25, -0.2) is 4.79 Å². The number of hydrogen-bond donors (Lipinski definition) is 2. The van der Waals surface area contributed by atoms with Crippen LogP contribution in [0.2, 0.25) is 0 Å². The van der Waals surface area contributed by atoms with E-state index in [4.69, 9.17) is 4.74 Å². The number of hydrogen-bond acceptors (Lipinski definition) is 4. The van der Waals surface area contributed by atoms with E-state index in [0.717, 1.165) is 25.3 Å². The average Bonchev–Trinajstić information content (AvgIpc) is 3.02. The van der Waals surface area contributed by atoms with Gasteiger partial charge in [0.2, 0.25) is 0 Å². The largest absolute Gasteiger partial charge is 0.508 e. The molecular formula is C37H44O4P+. The Bertz CT molecular complexity index is 1250. The highest BCUT2D eigenvalue weighted by atomic mass is 31.2. The number of carbonyl (C=O) groups excluding carboxylic acids is 1. The van der Waals surface area contributed by atoms with Crippen molar-refractivity contribution in [1.29, 1.82) is 0 Å². The van der Waals surface area contributed by atoms with E-state index < -0.39 is 13.2 Å². The Balaban J connectivity index is 1.15. The van der Waals surface area contributed by atoms with Crippen LogP contribution in [0.15, 0.2) is 109 Å². The summed E-state index contributed by atoms with van der Waals surface area (Å²) in [5.74, 6) is -0.894. The molecule has 0 radical (unpaired) electrons. The fraction of sp³-hybridized carbons (Fsp3) is 0.324. The number of rotatable bonds is 17. The van der Waals surface area contributed by atoms with E-state index >= 15 is 0 Å². The Morgan fingerprint density at radius 1 is 0.548 bits per heavy atom. The van der Waals surface area contributed by atoms with Gasteiger partial charge in [0.1, 0.15) is 40.2 Å². The molecule has 0 unspecified atom stereocenters. The fourth-order valence-corrected chi connectivity index (χ4v) is 10.1. The molecule has 4 rings (SSSR count). The van der Waals surface area contributed by atoms with Gasteiger partial charge in [-0.1, -0.05) is 99.5 Å². The van der Waals surface area contributed by atoms with Crippen molar-refractivity contribution in [3.63, 3.8) is 0 Å². The molecule has 0 fully saturated rings. The third-order valence-corrected chi connectivity index (χ3v) is 12.4. The predicted octanol–water partition coefficient (Wildman–Crippen LogP) is 8.15. The Hall–Kier alpha value is -3.62. The SMILES string of the molecule is O=C(OCCCCCCCCCCCC[P+](c1ccccc1)(c1ccccc1)c1ccccc1)c1ccc(O)cc1O. The van der Waals surface area contributed by atoms with Gasteiger partial charge in [-0.05, 0) is 67.8 Å². The molecule has 0 amide bonds. The number of phenols is 2. The summed E-state index contributed by atoms with van der Waals surface area (Å²) < 4.78 is 5.26. The normalized spacial score (nSPS) is 11.3. The molecule has 220 valence electrons. The number of phenolic OH excluding ortho intramolecular Hbond substituents is 2. The molecule has 0 spiro atoms. The Kier molecular flexibility index (Phi) is 12.5. The molecule has 4 aromatic carbocycles. The number of unbranched alkanes of at least 4 members (excludes halogenated alkanes) is 9. The van der Waals surface area contributed by atoms with Crippen molar-refractivity contribution in [2.24, 2.45) is 0 Å². The smallest absolute Gasteiger partial charge is 0.341 e. The number of carbonyl (C=O) groups is 1. The first-order chi connectivity index (χ1) is 20.6. The van der Waals surface area contributed by atoms with Crippen molar-refractivity contribution >= 4 is 29.1 Å². The first-order valence-electron chi connectivity index (χ1n) is 15.4. The highest BCUT2D eigenvalue weighted by molar-refractivity contribution is 7.95. The summed E-state index contributed by atoms with van der Waals surface area (Å²) in [4.78, 5) is 12.1. The van der Waals surface area contributed by atoms with Gasteiger partial charge in [0, 0.05) is 6.07 Å². The minimum absolute atomic E-state index is 0.0819. The summed E-state index contributed by atoms with van der Waals surface area (Å²) in [6.07, 6.45) is 12.9. The maximum atomic E-state index is 12.1. The standard InChI is InChI=1S/C37H43O4P/c38-31-26-27-35(36(39)30-31)37(40)41-28-18-7-5-3-1-2-4-6-8-19-29-42(32-20-12-9-13-21-32,33-22-14-10-15-23-33)34-24-16-11-17-25-34/h9-17,20-27,30H,1-8,18-19,28-29H2,(H-,38,39,40)/p+1. The molecule has 42 heavy (non-hydrogen) atoms. The summed E-state index contributed by atoms with van der Waals surface area (Å²) >= 11 is 0. The number of esters is 1. The van der Waals surface area contributed by atoms with E-state index in [0.29, 0.717) is 6.61 Å². The highest BCUT2D eigenvalue weighted by Gasteiger charge is 2.44. The van der Waals surface area contributed by atoms with Crippen LogP contribution in [-0.2, 0) is 4.74 Å². The van der Waals surface area contributed by atoms with Gasteiger partial charge in [-0.2, -0.15) is 0 Å². The zero-order valence-electron chi connectivity index (χ0n) is 24.5. The number of benzene rings is 4. The molecule has 2 N–H and O–H groups in total. The van der Waals surface area contributed by atoms with Gasteiger partial charge in [-0.15, -0.1) is 0 Å². The second-order valence-corrected chi connectivity index (χ2v) is 14.5. The minimum atomic E-state index is -1.72. The summed E-state index contributed by atoms with van der Waals surface area (Å²) in [5, 5.41) is 23.5. The average molecular weight is 584 g/mol. The van der Waals surface area contributed by atoms with Crippen molar-refractivity contribution < 1.29 is 19.7 Å². The predicted molar refractivity (Wildman–Crippen MR) is 176 cm³/mol. The van der Waals surface area contributed by atoms with Gasteiger partial charge >= 0.3 is 5.97 Å². The molecule has 0 atom stereocenters. The van der Waals surface area contributed by atoms with E-state index in [9.17, 15) is 15.0 Å². The quantitative estimate of drug-likeness (QED) is 0.0748. The van der Waals surface area contributed by atoms with E-state index in [-0.39, 0.29) is 17.1 Å². The van der Waals surface area contributed by atoms with Crippen LogP contribution in [-0.4, -0.2) is 29.0 Å². The third-order valence-electron chi connectivity index (χ3n) is 7.91. The van der Waals surface area contributed by atoms with Gasteiger partial charge in [0.05, 0.1) is 12.8 Å². The lowest BCUT2D eigenvalue weighted by Crippen LogP contribution is -2.33. The van der Waals surface area contributed by atoms with Crippen molar-refractivity contribution in [2.45, 2.75) is 64.2 Å². The van der Waals surface area contributed by atoms with Crippen molar-refractivity contribution in [1.82, 2.24) is 0 Å². The van der Waals surface area contributed by atoms with Gasteiger partial charge in [0.15, 0.2) is 0 Å². The van der Waals surface area contributed by atoms with E-state index in [2.05, 4.69) is 91.0 Å². The Morgan fingerprint density at radius 3 is 1.43 bits per heavy atom. The summed E-state index contributed by atoms with van der Waals surface area (Å²) in [6.45, 7) is 0.345. The molecule has 0 aliphatic rings. The molecule has 4 nitrogen and oxygen atoms in total.